The topological polar surface area (TPSA) is 55.1 Å². The fourth-order valence-corrected chi connectivity index (χ4v) is 1.93. The van der Waals surface area contributed by atoms with Gasteiger partial charge in [0.2, 0.25) is 0 Å². The first kappa shape index (κ1) is 12.9. The minimum atomic E-state index is -4.54. The standard InChI is InChI=1S/C11H13F3N2O2/c1-2-7(10(17)18)16-8(6-3-4-6)5-9(15-16)11(12,13)14/h5-7H,2-4H2,1H3,(H,17,18)/t7-/m1/s1. The third-order valence-corrected chi connectivity index (χ3v) is 3.02. The van der Waals surface area contributed by atoms with Crippen molar-refractivity contribution in [3.63, 3.8) is 0 Å². The summed E-state index contributed by atoms with van der Waals surface area (Å²) in [4.78, 5) is 11.0. The van der Waals surface area contributed by atoms with Crippen molar-refractivity contribution in [2.45, 2.75) is 44.3 Å². The van der Waals surface area contributed by atoms with Crippen molar-refractivity contribution in [2.24, 2.45) is 0 Å². The van der Waals surface area contributed by atoms with Crippen LogP contribution >= 0.6 is 0 Å². The predicted octanol–water partition coefficient (Wildman–Crippen LogP) is 2.82. The van der Waals surface area contributed by atoms with Crippen LogP contribution in [0.15, 0.2) is 6.07 Å². The Labute approximate surface area is 101 Å². The van der Waals surface area contributed by atoms with E-state index in [1.165, 1.54) is 0 Å². The summed E-state index contributed by atoms with van der Waals surface area (Å²) in [7, 11) is 0. The highest BCUT2D eigenvalue weighted by molar-refractivity contribution is 5.71. The van der Waals surface area contributed by atoms with Crippen LogP contribution in [0.2, 0.25) is 0 Å². The normalized spacial score (nSPS) is 17.8. The zero-order valence-corrected chi connectivity index (χ0v) is 9.74. The fourth-order valence-electron chi connectivity index (χ4n) is 1.93. The van der Waals surface area contributed by atoms with Gasteiger partial charge in [-0.2, -0.15) is 18.3 Å². The Bertz CT molecular complexity index is 463. The number of alkyl halides is 3. The van der Waals surface area contributed by atoms with Crippen molar-refractivity contribution in [2.75, 3.05) is 0 Å². The molecule has 0 bridgehead atoms. The Morgan fingerprint density at radius 1 is 1.61 bits per heavy atom. The van der Waals surface area contributed by atoms with Crippen LogP contribution in [-0.4, -0.2) is 20.9 Å². The number of aromatic nitrogens is 2. The molecule has 1 aliphatic rings. The van der Waals surface area contributed by atoms with Gasteiger partial charge in [-0.15, -0.1) is 0 Å². The highest BCUT2D eigenvalue weighted by atomic mass is 19.4. The van der Waals surface area contributed by atoms with Gasteiger partial charge < -0.3 is 5.11 Å². The monoisotopic (exact) mass is 262 g/mol. The lowest BCUT2D eigenvalue weighted by atomic mass is 10.2. The summed E-state index contributed by atoms with van der Waals surface area (Å²) >= 11 is 0. The van der Waals surface area contributed by atoms with E-state index in [2.05, 4.69) is 5.10 Å². The molecule has 1 saturated carbocycles. The van der Waals surface area contributed by atoms with Crippen LogP contribution in [0.3, 0.4) is 0 Å². The van der Waals surface area contributed by atoms with E-state index >= 15 is 0 Å². The summed E-state index contributed by atoms with van der Waals surface area (Å²) in [5, 5.41) is 12.5. The fraction of sp³-hybridized carbons (Fsp3) is 0.636. The molecule has 1 fully saturated rings. The molecule has 4 nitrogen and oxygen atoms in total. The van der Waals surface area contributed by atoms with E-state index < -0.39 is 23.9 Å². The Morgan fingerprint density at radius 2 is 2.22 bits per heavy atom. The number of halogens is 3. The van der Waals surface area contributed by atoms with Crippen LogP contribution in [0.4, 0.5) is 13.2 Å². The molecule has 0 aliphatic heterocycles. The van der Waals surface area contributed by atoms with Crippen LogP contribution in [0.5, 0.6) is 0 Å². The first-order chi connectivity index (χ1) is 8.34. The highest BCUT2D eigenvalue weighted by Crippen LogP contribution is 2.43. The molecule has 18 heavy (non-hydrogen) atoms. The maximum Gasteiger partial charge on any atom is 0.435 e. The molecule has 2 rings (SSSR count). The molecule has 0 radical (unpaired) electrons. The van der Waals surface area contributed by atoms with Gasteiger partial charge in [-0.3, -0.25) is 4.68 Å². The second-order valence-corrected chi connectivity index (χ2v) is 4.43. The van der Waals surface area contributed by atoms with Crippen molar-refractivity contribution < 1.29 is 23.1 Å². The molecule has 0 aromatic carbocycles. The van der Waals surface area contributed by atoms with Crippen molar-refractivity contribution in [3.05, 3.63) is 17.5 Å². The van der Waals surface area contributed by atoms with Gasteiger partial charge >= 0.3 is 12.1 Å². The largest absolute Gasteiger partial charge is 0.480 e. The van der Waals surface area contributed by atoms with Gasteiger partial charge in [-0.25, -0.2) is 4.79 Å². The molecule has 100 valence electrons. The SMILES string of the molecule is CC[C@H](C(=O)O)n1nc(C(F)(F)F)cc1C1CC1. The molecule has 1 N–H and O–H groups in total. The van der Waals surface area contributed by atoms with Crippen molar-refractivity contribution in [3.8, 4) is 0 Å². The third kappa shape index (κ3) is 2.34. The molecule has 1 aliphatic carbocycles. The number of hydrogen-bond acceptors (Lipinski definition) is 2. The van der Waals surface area contributed by atoms with Gasteiger partial charge in [0.25, 0.3) is 0 Å². The number of carboxylic acid groups (broad SMARTS) is 1. The number of nitrogens with zero attached hydrogens (tertiary/aromatic N) is 2. The predicted molar refractivity (Wildman–Crippen MR) is 56.2 cm³/mol. The van der Waals surface area contributed by atoms with Crippen molar-refractivity contribution in [1.29, 1.82) is 0 Å². The Hall–Kier alpha value is -1.53. The van der Waals surface area contributed by atoms with Gasteiger partial charge in [0, 0.05) is 11.6 Å². The molecule has 0 amide bonds. The number of hydrogen-bond donors (Lipinski definition) is 1. The Balaban J connectivity index is 2.44. The molecule has 1 aromatic rings. The second-order valence-electron chi connectivity index (χ2n) is 4.43. The summed E-state index contributed by atoms with van der Waals surface area (Å²) in [5.74, 6) is -1.14. The first-order valence-corrected chi connectivity index (χ1v) is 5.74. The molecule has 0 spiro atoms. The molecule has 1 atom stereocenters. The molecule has 0 saturated heterocycles. The van der Waals surface area contributed by atoms with E-state index in [-0.39, 0.29) is 12.3 Å². The maximum absolute atomic E-state index is 12.6. The smallest absolute Gasteiger partial charge is 0.435 e. The molecule has 0 unspecified atom stereocenters. The molecular formula is C11H13F3N2O2. The Morgan fingerprint density at radius 3 is 2.61 bits per heavy atom. The lowest BCUT2D eigenvalue weighted by Gasteiger charge is -2.13. The number of rotatable bonds is 4. The number of aliphatic carboxylic acids is 1. The van der Waals surface area contributed by atoms with Gasteiger partial charge in [0.05, 0.1) is 0 Å². The van der Waals surface area contributed by atoms with Crippen LogP contribution in [0.1, 0.15) is 49.5 Å². The van der Waals surface area contributed by atoms with E-state index in [1.807, 2.05) is 0 Å². The van der Waals surface area contributed by atoms with Gasteiger partial charge in [0.1, 0.15) is 6.04 Å². The first-order valence-electron chi connectivity index (χ1n) is 5.74. The van der Waals surface area contributed by atoms with Crippen LogP contribution in [0, 0.1) is 0 Å². The summed E-state index contributed by atoms with van der Waals surface area (Å²) in [5.41, 5.74) is -0.624. The zero-order chi connectivity index (χ0) is 13.5. The average molecular weight is 262 g/mol. The highest BCUT2D eigenvalue weighted by Gasteiger charge is 2.39. The lowest BCUT2D eigenvalue weighted by molar-refractivity contribution is -0.144. The minimum Gasteiger partial charge on any atom is -0.480 e. The van der Waals surface area contributed by atoms with Crippen molar-refractivity contribution in [1.82, 2.24) is 9.78 Å². The van der Waals surface area contributed by atoms with Gasteiger partial charge in [-0.05, 0) is 25.3 Å². The van der Waals surface area contributed by atoms with E-state index in [4.69, 9.17) is 5.11 Å². The summed E-state index contributed by atoms with van der Waals surface area (Å²) < 4.78 is 38.9. The van der Waals surface area contributed by atoms with Gasteiger partial charge in [-0.1, -0.05) is 6.92 Å². The van der Waals surface area contributed by atoms with Gasteiger partial charge in [0.15, 0.2) is 5.69 Å². The number of carboxylic acids is 1. The zero-order valence-electron chi connectivity index (χ0n) is 9.74. The lowest BCUT2D eigenvalue weighted by Crippen LogP contribution is -2.21. The average Bonchev–Trinajstić information content (AvgIpc) is 2.98. The summed E-state index contributed by atoms with van der Waals surface area (Å²) in [6.07, 6.45) is -2.75. The van der Waals surface area contributed by atoms with E-state index in [1.54, 1.807) is 6.92 Å². The number of carbonyl (C=O) groups is 1. The van der Waals surface area contributed by atoms with E-state index in [0.717, 1.165) is 23.6 Å². The molecule has 1 aromatic heterocycles. The second kappa shape index (κ2) is 4.29. The quantitative estimate of drug-likeness (QED) is 0.907. The maximum atomic E-state index is 12.6. The molecular weight excluding hydrogens is 249 g/mol. The van der Waals surface area contributed by atoms with E-state index in [9.17, 15) is 18.0 Å². The molecule has 1 heterocycles. The van der Waals surface area contributed by atoms with Crippen LogP contribution in [0.25, 0.3) is 0 Å². The van der Waals surface area contributed by atoms with Crippen molar-refractivity contribution >= 4 is 5.97 Å². The molecule has 7 heteroatoms. The third-order valence-electron chi connectivity index (χ3n) is 3.02. The van der Waals surface area contributed by atoms with Crippen LogP contribution in [-0.2, 0) is 11.0 Å². The summed E-state index contributed by atoms with van der Waals surface area (Å²) in [6.45, 7) is 1.62. The Kier molecular flexibility index (Phi) is 3.08. The van der Waals surface area contributed by atoms with Crippen LogP contribution < -0.4 is 0 Å². The minimum absolute atomic E-state index is 0.0157. The summed E-state index contributed by atoms with van der Waals surface area (Å²) in [6, 6.07) is -0.0554. The van der Waals surface area contributed by atoms with E-state index in [0.29, 0.717) is 5.69 Å².